The van der Waals surface area contributed by atoms with Crippen LogP contribution in [0.5, 0.6) is 0 Å². The van der Waals surface area contributed by atoms with Crippen LogP contribution in [0.4, 0.5) is 0 Å². The molecule has 2 heterocycles. The Labute approximate surface area is 113 Å². The van der Waals surface area contributed by atoms with Crippen LogP contribution in [0.1, 0.15) is 10.5 Å². The molecule has 0 amide bonds. The molecule has 0 aliphatic carbocycles. The standard InChI is InChI=1S/C13H10ClN3O2/c1-16-11(12(18)19)7-17-6-10(15-13(16)17)8-4-2-3-5-9(8)14/h2-7H,1H3,(H,18,19). The zero-order chi connectivity index (χ0) is 13.6. The predicted octanol–water partition coefficient (Wildman–Crippen LogP) is 2.69. The number of aromatic nitrogens is 3. The molecule has 0 spiro atoms. The van der Waals surface area contributed by atoms with Crippen LogP contribution in [0, 0.1) is 0 Å². The molecule has 1 aromatic carbocycles. The van der Waals surface area contributed by atoms with Crippen molar-refractivity contribution in [3.05, 3.63) is 47.4 Å². The number of benzene rings is 1. The quantitative estimate of drug-likeness (QED) is 0.782. The van der Waals surface area contributed by atoms with Gasteiger partial charge in [-0.2, -0.15) is 0 Å². The Morgan fingerprint density at radius 2 is 2.05 bits per heavy atom. The highest BCUT2D eigenvalue weighted by atomic mass is 35.5. The maximum Gasteiger partial charge on any atom is 0.354 e. The van der Waals surface area contributed by atoms with Crippen molar-refractivity contribution in [3.63, 3.8) is 0 Å². The van der Waals surface area contributed by atoms with Gasteiger partial charge in [0.1, 0.15) is 5.69 Å². The lowest BCUT2D eigenvalue weighted by molar-refractivity contribution is 0.0687. The zero-order valence-corrected chi connectivity index (χ0v) is 10.8. The summed E-state index contributed by atoms with van der Waals surface area (Å²) in [6, 6.07) is 7.41. The van der Waals surface area contributed by atoms with Crippen molar-refractivity contribution in [2.75, 3.05) is 0 Å². The maximum atomic E-state index is 11.0. The Morgan fingerprint density at radius 1 is 1.32 bits per heavy atom. The number of rotatable bonds is 2. The summed E-state index contributed by atoms with van der Waals surface area (Å²) >= 11 is 6.12. The van der Waals surface area contributed by atoms with Crippen molar-refractivity contribution < 1.29 is 9.90 Å². The van der Waals surface area contributed by atoms with E-state index in [2.05, 4.69) is 4.98 Å². The highest BCUT2D eigenvalue weighted by Crippen LogP contribution is 2.27. The van der Waals surface area contributed by atoms with Gasteiger partial charge in [-0.15, -0.1) is 0 Å². The molecular formula is C13H10ClN3O2. The van der Waals surface area contributed by atoms with Gasteiger partial charge in [0, 0.05) is 25.0 Å². The second-order valence-corrected chi connectivity index (χ2v) is 4.60. The number of aromatic carboxylic acids is 1. The average Bonchev–Trinajstić information content (AvgIpc) is 2.90. The molecule has 0 aliphatic heterocycles. The van der Waals surface area contributed by atoms with Crippen LogP contribution >= 0.6 is 11.6 Å². The van der Waals surface area contributed by atoms with E-state index in [1.807, 2.05) is 18.2 Å². The molecule has 19 heavy (non-hydrogen) atoms. The number of nitrogens with zero attached hydrogens (tertiary/aromatic N) is 3. The number of halogens is 1. The Balaban J connectivity index is 2.19. The summed E-state index contributed by atoms with van der Waals surface area (Å²) < 4.78 is 3.21. The number of imidazole rings is 2. The Kier molecular flexibility index (Phi) is 2.57. The van der Waals surface area contributed by atoms with Crippen molar-refractivity contribution >= 4 is 23.3 Å². The van der Waals surface area contributed by atoms with Gasteiger partial charge in [-0.3, -0.25) is 4.40 Å². The van der Waals surface area contributed by atoms with Crippen molar-refractivity contribution in [3.8, 4) is 11.3 Å². The molecule has 0 radical (unpaired) electrons. The monoisotopic (exact) mass is 275 g/mol. The van der Waals surface area contributed by atoms with Gasteiger partial charge in [-0.25, -0.2) is 9.78 Å². The SMILES string of the molecule is Cn1c(C(=O)O)cn2cc(-c3ccccc3Cl)nc12. The van der Waals surface area contributed by atoms with E-state index < -0.39 is 5.97 Å². The fourth-order valence-corrected chi connectivity index (χ4v) is 2.28. The van der Waals surface area contributed by atoms with Gasteiger partial charge < -0.3 is 9.67 Å². The minimum Gasteiger partial charge on any atom is -0.477 e. The molecule has 0 bridgehead atoms. The number of carbonyl (C=O) groups is 1. The molecular weight excluding hydrogens is 266 g/mol. The van der Waals surface area contributed by atoms with E-state index in [0.717, 1.165) is 5.56 Å². The first-order valence-corrected chi connectivity index (χ1v) is 5.98. The van der Waals surface area contributed by atoms with Crippen LogP contribution in [0.25, 0.3) is 17.0 Å². The van der Waals surface area contributed by atoms with Gasteiger partial charge in [0.2, 0.25) is 5.78 Å². The minimum atomic E-state index is -0.979. The number of carboxylic acid groups (broad SMARTS) is 1. The lowest BCUT2D eigenvalue weighted by Gasteiger charge is -1.99. The number of aryl methyl sites for hydroxylation is 1. The molecule has 0 saturated carbocycles. The summed E-state index contributed by atoms with van der Waals surface area (Å²) in [5.74, 6) is -0.417. The summed E-state index contributed by atoms with van der Waals surface area (Å²) in [6.45, 7) is 0. The first kappa shape index (κ1) is 11.8. The Hall–Kier alpha value is -2.27. The van der Waals surface area contributed by atoms with Crippen molar-refractivity contribution in [2.45, 2.75) is 0 Å². The van der Waals surface area contributed by atoms with Crippen LogP contribution in [0.3, 0.4) is 0 Å². The zero-order valence-electron chi connectivity index (χ0n) is 10.0. The van der Waals surface area contributed by atoms with E-state index in [0.29, 0.717) is 16.5 Å². The highest BCUT2D eigenvalue weighted by Gasteiger charge is 2.15. The number of hydrogen-bond donors (Lipinski definition) is 1. The Morgan fingerprint density at radius 3 is 2.68 bits per heavy atom. The molecule has 0 aliphatic rings. The van der Waals surface area contributed by atoms with E-state index >= 15 is 0 Å². The molecule has 0 unspecified atom stereocenters. The van der Waals surface area contributed by atoms with Crippen LogP contribution < -0.4 is 0 Å². The molecule has 3 rings (SSSR count). The summed E-state index contributed by atoms with van der Waals surface area (Å²) in [5.41, 5.74) is 1.73. The lowest BCUT2D eigenvalue weighted by atomic mass is 10.2. The first-order valence-electron chi connectivity index (χ1n) is 5.60. The van der Waals surface area contributed by atoms with Gasteiger partial charge in [-0.05, 0) is 6.07 Å². The summed E-state index contributed by atoms with van der Waals surface area (Å²) in [6.07, 6.45) is 3.30. The molecule has 0 saturated heterocycles. The third-order valence-electron chi connectivity index (χ3n) is 3.00. The number of hydrogen-bond acceptors (Lipinski definition) is 2. The van der Waals surface area contributed by atoms with E-state index in [1.54, 1.807) is 23.7 Å². The minimum absolute atomic E-state index is 0.188. The van der Waals surface area contributed by atoms with Crippen molar-refractivity contribution in [1.82, 2.24) is 14.0 Å². The average molecular weight is 276 g/mol. The van der Waals surface area contributed by atoms with Crippen molar-refractivity contribution in [1.29, 1.82) is 0 Å². The van der Waals surface area contributed by atoms with Gasteiger partial charge in [0.05, 0.1) is 10.7 Å². The fourth-order valence-electron chi connectivity index (χ4n) is 2.05. The van der Waals surface area contributed by atoms with Crippen LogP contribution in [-0.4, -0.2) is 25.0 Å². The van der Waals surface area contributed by atoms with Crippen LogP contribution in [-0.2, 0) is 7.05 Å². The molecule has 5 nitrogen and oxygen atoms in total. The summed E-state index contributed by atoms with van der Waals surface area (Å²) in [4.78, 5) is 15.4. The highest BCUT2D eigenvalue weighted by molar-refractivity contribution is 6.33. The second-order valence-electron chi connectivity index (χ2n) is 4.19. The van der Waals surface area contributed by atoms with Gasteiger partial charge in [0.15, 0.2) is 0 Å². The molecule has 3 aromatic rings. The predicted molar refractivity (Wildman–Crippen MR) is 71.6 cm³/mol. The maximum absolute atomic E-state index is 11.0. The smallest absolute Gasteiger partial charge is 0.354 e. The van der Waals surface area contributed by atoms with Gasteiger partial charge in [0.25, 0.3) is 0 Å². The molecule has 6 heteroatoms. The fraction of sp³-hybridized carbons (Fsp3) is 0.0769. The van der Waals surface area contributed by atoms with Crippen LogP contribution in [0.2, 0.25) is 5.02 Å². The van der Waals surface area contributed by atoms with E-state index in [1.165, 1.54) is 10.8 Å². The number of carboxylic acids is 1. The van der Waals surface area contributed by atoms with Crippen molar-refractivity contribution in [2.24, 2.45) is 7.05 Å². The Bertz CT molecular complexity index is 788. The normalized spacial score (nSPS) is 11.1. The third kappa shape index (κ3) is 1.79. The van der Waals surface area contributed by atoms with E-state index in [-0.39, 0.29) is 5.69 Å². The third-order valence-corrected chi connectivity index (χ3v) is 3.33. The molecule has 1 N–H and O–H groups in total. The molecule has 96 valence electrons. The largest absolute Gasteiger partial charge is 0.477 e. The van der Waals surface area contributed by atoms with Gasteiger partial charge >= 0.3 is 5.97 Å². The topological polar surface area (TPSA) is 59.5 Å². The summed E-state index contributed by atoms with van der Waals surface area (Å²) in [5, 5.41) is 9.65. The summed E-state index contributed by atoms with van der Waals surface area (Å²) in [7, 11) is 1.67. The van der Waals surface area contributed by atoms with Gasteiger partial charge in [-0.1, -0.05) is 29.8 Å². The molecule has 0 atom stereocenters. The molecule has 0 fully saturated rings. The van der Waals surface area contributed by atoms with Crippen LogP contribution in [0.15, 0.2) is 36.7 Å². The number of fused-ring (bicyclic) bond motifs is 1. The lowest BCUT2D eigenvalue weighted by Crippen LogP contribution is -2.04. The van der Waals surface area contributed by atoms with E-state index in [9.17, 15) is 4.79 Å². The first-order chi connectivity index (χ1) is 9.08. The second kappa shape index (κ2) is 4.13. The van der Waals surface area contributed by atoms with E-state index in [4.69, 9.17) is 16.7 Å². The molecule has 2 aromatic heterocycles.